The van der Waals surface area contributed by atoms with Gasteiger partial charge in [-0.25, -0.2) is 22.8 Å². The maximum absolute atomic E-state index is 14.4. The van der Waals surface area contributed by atoms with E-state index in [0.717, 1.165) is 44.8 Å². The van der Waals surface area contributed by atoms with Crippen LogP contribution in [0.1, 0.15) is 38.7 Å². The van der Waals surface area contributed by atoms with Crippen LogP contribution in [0.2, 0.25) is 0 Å². The Hall–Kier alpha value is -2.59. The third-order valence-electron chi connectivity index (χ3n) is 5.55. The van der Waals surface area contributed by atoms with Gasteiger partial charge < -0.3 is 19.2 Å². The van der Waals surface area contributed by atoms with E-state index in [1.165, 1.54) is 18.5 Å². The molecule has 0 bridgehead atoms. The Kier molecular flexibility index (Phi) is 8.01. The molecular formula is C23H30FN3O5S. The summed E-state index contributed by atoms with van der Waals surface area (Å²) in [4.78, 5) is 21.8. The number of ether oxygens (including phenoxy) is 2. The second kappa shape index (κ2) is 10.6. The average Bonchev–Trinajstić information content (AvgIpc) is 2.72. The first-order valence-electron chi connectivity index (χ1n) is 10.9. The monoisotopic (exact) mass is 479 g/mol. The highest BCUT2D eigenvalue weighted by atomic mass is 32.2. The van der Waals surface area contributed by atoms with Crippen LogP contribution in [0.5, 0.6) is 17.5 Å². The molecule has 1 unspecified atom stereocenters. The van der Waals surface area contributed by atoms with E-state index in [0.29, 0.717) is 23.8 Å². The molecular weight excluding hydrogens is 449 g/mol. The molecule has 1 fully saturated rings. The molecule has 0 saturated carbocycles. The highest BCUT2D eigenvalue weighted by Crippen LogP contribution is 2.31. The number of nitrogens with zero attached hydrogens (tertiary/aromatic N) is 3. The van der Waals surface area contributed by atoms with E-state index in [1.54, 1.807) is 13.8 Å². The summed E-state index contributed by atoms with van der Waals surface area (Å²) in [5, 5.41) is 0. The molecule has 180 valence electrons. The SMILES string of the molecule is CC(=O)CC(C)CN1CCC(Oc2ncnc(Oc3ccc(S(C)(=O)=O)cc3F)c2C)CC1. The van der Waals surface area contributed by atoms with Gasteiger partial charge in [-0.05, 0) is 50.8 Å². The Balaban J connectivity index is 1.62. The minimum atomic E-state index is -3.52. The first-order valence-corrected chi connectivity index (χ1v) is 12.8. The molecule has 10 heteroatoms. The predicted molar refractivity (Wildman–Crippen MR) is 121 cm³/mol. The minimum absolute atomic E-state index is 0.0170. The predicted octanol–water partition coefficient (Wildman–Crippen LogP) is 3.58. The number of carbonyl (C=O) groups is 1. The molecule has 0 N–H and O–H groups in total. The van der Waals surface area contributed by atoms with Crippen LogP contribution in [-0.4, -0.2) is 61.1 Å². The fraction of sp³-hybridized carbons (Fsp3) is 0.522. The molecule has 0 amide bonds. The lowest BCUT2D eigenvalue weighted by Crippen LogP contribution is -2.40. The van der Waals surface area contributed by atoms with Crippen molar-refractivity contribution < 1.29 is 27.1 Å². The van der Waals surface area contributed by atoms with Crippen molar-refractivity contribution in [1.82, 2.24) is 14.9 Å². The molecule has 1 atom stereocenters. The standard InChI is InChI=1S/C23H30FN3O5S/c1-15(11-16(2)28)13-27-9-7-18(8-10-27)31-22-17(3)23(26-14-25-22)32-21-6-5-19(12-20(21)24)33(4,29)30/h5-6,12,14-15,18H,7-11,13H2,1-4H3. The third-order valence-corrected chi connectivity index (χ3v) is 6.66. The van der Waals surface area contributed by atoms with Gasteiger partial charge in [0.2, 0.25) is 11.8 Å². The molecule has 1 aliphatic heterocycles. The van der Waals surface area contributed by atoms with E-state index < -0.39 is 15.7 Å². The fourth-order valence-electron chi connectivity index (χ4n) is 3.90. The molecule has 2 aromatic rings. The van der Waals surface area contributed by atoms with Gasteiger partial charge in [-0.1, -0.05) is 6.92 Å². The minimum Gasteiger partial charge on any atom is -0.474 e. The van der Waals surface area contributed by atoms with Gasteiger partial charge in [0.1, 0.15) is 18.2 Å². The summed E-state index contributed by atoms with van der Waals surface area (Å²) >= 11 is 0. The molecule has 3 rings (SSSR count). The molecule has 33 heavy (non-hydrogen) atoms. The number of aromatic nitrogens is 2. The first-order chi connectivity index (χ1) is 15.5. The summed E-state index contributed by atoms with van der Waals surface area (Å²) in [5.41, 5.74) is 0.529. The largest absolute Gasteiger partial charge is 0.474 e. The van der Waals surface area contributed by atoms with E-state index >= 15 is 0 Å². The normalized spacial score (nSPS) is 16.4. The molecule has 2 heterocycles. The number of sulfone groups is 1. The fourth-order valence-corrected chi connectivity index (χ4v) is 4.54. The molecule has 1 aromatic carbocycles. The average molecular weight is 480 g/mol. The topological polar surface area (TPSA) is 98.7 Å². The molecule has 1 aromatic heterocycles. The van der Waals surface area contributed by atoms with Crippen molar-refractivity contribution in [2.75, 3.05) is 25.9 Å². The summed E-state index contributed by atoms with van der Waals surface area (Å²) < 4.78 is 49.3. The van der Waals surface area contributed by atoms with Gasteiger partial charge in [-0.3, -0.25) is 0 Å². The number of Topliss-reactive ketones (excluding diaryl/α,β-unsaturated/α-hetero) is 1. The summed E-state index contributed by atoms with van der Waals surface area (Å²) in [5.74, 6) is 0.117. The summed E-state index contributed by atoms with van der Waals surface area (Å²) in [6, 6.07) is 3.47. The molecule has 8 nitrogen and oxygen atoms in total. The van der Waals surface area contributed by atoms with E-state index in [-0.39, 0.29) is 28.4 Å². The summed E-state index contributed by atoms with van der Waals surface area (Å²) in [6.45, 7) is 8.08. The first kappa shape index (κ1) is 25.0. The van der Waals surface area contributed by atoms with Gasteiger partial charge >= 0.3 is 0 Å². The number of ketones is 1. The van der Waals surface area contributed by atoms with E-state index in [9.17, 15) is 17.6 Å². The Bertz CT molecular complexity index is 1100. The Labute approximate surface area is 194 Å². The number of carbonyl (C=O) groups excluding carboxylic acids is 1. The van der Waals surface area contributed by atoms with Gasteiger partial charge in [-0.2, -0.15) is 0 Å². The third kappa shape index (κ3) is 6.94. The van der Waals surface area contributed by atoms with Gasteiger partial charge in [0.25, 0.3) is 0 Å². The zero-order chi connectivity index (χ0) is 24.2. The van der Waals surface area contributed by atoms with E-state index in [2.05, 4.69) is 21.8 Å². The summed E-state index contributed by atoms with van der Waals surface area (Å²) in [6.07, 6.45) is 4.53. The van der Waals surface area contributed by atoms with Gasteiger partial charge in [0, 0.05) is 32.3 Å². The number of piperidine rings is 1. The van der Waals surface area contributed by atoms with E-state index in [1.807, 2.05) is 0 Å². The highest BCUT2D eigenvalue weighted by Gasteiger charge is 2.24. The van der Waals surface area contributed by atoms with Crippen LogP contribution in [0, 0.1) is 18.7 Å². The van der Waals surface area contributed by atoms with Gasteiger partial charge in [0.15, 0.2) is 21.4 Å². The summed E-state index contributed by atoms with van der Waals surface area (Å²) in [7, 11) is -3.52. The lowest BCUT2D eigenvalue weighted by molar-refractivity contribution is -0.117. The Morgan fingerprint density at radius 2 is 1.91 bits per heavy atom. The van der Waals surface area contributed by atoms with Crippen molar-refractivity contribution in [3.8, 4) is 17.5 Å². The van der Waals surface area contributed by atoms with Crippen molar-refractivity contribution in [2.45, 2.75) is 51.0 Å². The maximum atomic E-state index is 14.4. The molecule has 1 saturated heterocycles. The quantitative estimate of drug-likeness (QED) is 0.538. The molecule has 0 aliphatic carbocycles. The van der Waals surface area contributed by atoms with Crippen molar-refractivity contribution >= 4 is 15.6 Å². The second-order valence-corrected chi connectivity index (χ2v) is 10.7. The van der Waals surface area contributed by atoms with E-state index in [4.69, 9.17) is 9.47 Å². The Morgan fingerprint density at radius 1 is 1.24 bits per heavy atom. The van der Waals surface area contributed by atoms with Crippen molar-refractivity contribution in [2.24, 2.45) is 5.92 Å². The van der Waals surface area contributed by atoms with Crippen LogP contribution in [0.4, 0.5) is 4.39 Å². The van der Waals surface area contributed by atoms with Gasteiger partial charge in [-0.15, -0.1) is 0 Å². The van der Waals surface area contributed by atoms with Crippen molar-refractivity contribution in [3.05, 3.63) is 35.9 Å². The van der Waals surface area contributed by atoms with Crippen LogP contribution in [0.25, 0.3) is 0 Å². The number of benzene rings is 1. The van der Waals surface area contributed by atoms with Crippen LogP contribution >= 0.6 is 0 Å². The van der Waals surface area contributed by atoms with Crippen LogP contribution in [0.3, 0.4) is 0 Å². The van der Waals surface area contributed by atoms with Gasteiger partial charge in [0.05, 0.1) is 10.5 Å². The molecule has 1 aliphatic rings. The van der Waals surface area contributed by atoms with Crippen LogP contribution < -0.4 is 9.47 Å². The zero-order valence-electron chi connectivity index (χ0n) is 19.4. The maximum Gasteiger partial charge on any atom is 0.229 e. The van der Waals surface area contributed by atoms with Crippen molar-refractivity contribution in [3.63, 3.8) is 0 Å². The Morgan fingerprint density at radius 3 is 2.52 bits per heavy atom. The number of halogens is 1. The zero-order valence-corrected chi connectivity index (χ0v) is 20.2. The number of likely N-dealkylation sites (tertiary alicyclic amines) is 1. The van der Waals surface area contributed by atoms with Crippen molar-refractivity contribution in [1.29, 1.82) is 0 Å². The second-order valence-electron chi connectivity index (χ2n) is 8.70. The lowest BCUT2D eigenvalue weighted by atomic mass is 10.0. The molecule has 0 spiro atoms. The number of hydrogen-bond acceptors (Lipinski definition) is 8. The van der Waals surface area contributed by atoms with Crippen LogP contribution in [-0.2, 0) is 14.6 Å². The van der Waals surface area contributed by atoms with Crippen LogP contribution in [0.15, 0.2) is 29.4 Å². The lowest BCUT2D eigenvalue weighted by Gasteiger charge is -2.33. The smallest absolute Gasteiger partial charge is 0.229 e. The molecule has 0 radical (unpaired) electrons. The number of rotatable bonds is 9. The number of hydrogen-bond donors (Lipinski definition) is 0. The highest BCUT2D eigenvalue weighted by molar-refractivity contribution is 7.90.